The molecular formula is C28H38N2O2S. The lowest BCUT2D eigenvalue weighted by Gasteiger charge is -2.31. The first-order valence-electron chi connectivity index (χ1n) is 12.2. The van der Waals surface area contributed by atoms with Crippen LogP contribution < -0.4 is 5.32 Å². The minimum absolute atomic E-state index is 0.00474. The van der Waals surface area contributed by atoms with Crippen LogP contribution in [0.4, 0.5) is 0 Å². The van der Waals surface area contributed by atoms with E-state index in [2.05, 4.69) is 49.5 Å². The van der Waals surface area contributed by atoms with Crippen molar-refractivity contribution in [2.24, 2.45) is 0 Å². The number of thioether (sulfide) groups is 1. The van der Waals surface area contributed by atoms with Crippen molar-refractivity contribution >= 4 is 23.6 Å². The van der Waals surface area contributed by atoms with E-state index in [1.165, 1.54) is 35.1 Å². The van der Waals surface area contributed by atoms with Gasteiger partial charge in [0.2, 0.25) is 11.8 Å². The number of carbonyl (C=O) groups excluding carboxylic acids is 2. The largest absolute Gasteiger partial charge is 0.352 e. The molecule has 0 bridgehead atoms. The Balaban J connectivity index is 1.65. The predicted octanol–water partition coefficient (Wildman–Crippen LogP) is 5.45. The van der Waals surface area contributed by atoms with Crippen molar-refractivity contribution in [1.82, 2.24) is 10.2 Å². The van der Waals surface area contributed by atoms with Gasteiger partial charge in [0.25, 0.3) is 0 Å². The lowest BCUT2D eigenvalue weighted by molar-refractivity contribution is -0.139. The summed E-state index contributed by atoms with van der Waals surface area (Å²) < 4.78 is 0. The fourth-order valence-corrected chi connectivity index (χ4v) is 5.60. The van der Waals surface area contributed by atoms with Crippen LogP contribution in [0.1, 0.15) is 61.3 Å². The predicted molar refractivity (Wildman–Crippen MR) is 138 cm³/mol. The molecule has 2 aromatic carbocycles. The summed E-state index contributed by atoms with van der Waals surface area (Å²) in [4.78, 5) is 28.3. The summed E-state index contributed by atoms with van der Waals surface area (Å²) in [6.07, 6.45) is 5.82. The first-order chi connectivity index (χ1) is 16.0. The molecule has 1 aliphatic carbocycles. The Labute approximate surface area is 203 Å². The van der Waals surface area contributed by atoms with Gasteiger partial charge >= 0.3 is 0 Å². The van der Waals surface area contributed by atoms with Gasteiger partial charge in [0.1, 0.15) is 6.04 Å². The molecule has 5 heteroatoms. The van der Waals surface area contributed by atoms with E-state index in [1.807, 2.05) is 30.0 Å². The number of aryl methyl sites for hydroxylation is 2. The maximum absolute atomic E-state index is 13.4. The number of benzene rings is 2. The van der Waals surface area contributed by atoms with Crippen LogP contribution in [0.15, 0.2) is 48.5 Å². The van der Waals surface area contributed by atoms with Crippen LogP contribution >= 0.6 is 11.8 Å². The Kier molecular flexibility index (Phi) is 9.86. The summed E-state index contributed by atoms with van der Waals surface area (Å²) in [5.74, 6) is 1.24. The van der Waals surface area contributed by atoms with Gasteiger partial charge in [-0.15, -0.1) is 11.8 Å². The highest BCUT2D eigenvalue weighted by atomic mass is 32.2. The minimum Gasteiger partial charge on any atom is -0.352 e. The lowest BCUT2D eigenvalue weighted by Crippen LogP contribution is -2.52. The molecule has 1 aliphatic rings. The average Bonchev–Trinajstić information content (AvgIpc) is 3.29. The number of hydrogen-bond acceptors (Lipinski definition) is 3. The molecule has 2 amide bonds. The van der Waals surface area contributed by atoms with E-state index in [9.17, 15) is 9.59 Å². The van der Waals surface area contributed by atoms with Gasteiger partial charge in [-0.05, 0) is 50.7 Å². The van der Waals surface area contributed by atoms with E-state index in [1.54, 1.807) is 11.8 Å². The van der Waals surface area contributed by atoms with E-state index in [0.717, 1.165) is 25.0 Å². The molecule has 1 atom stereocenters. The second-order valence-electron chi connectivity index (χ2n) is 9.23. The van der Waals surface area contributed by atoms with Crippen LogP contribution in [0.3, 0.4) is 0 Å². The molecule has 0 spiro atoms. The molecule has 4 nitrogen and oxygen atoms in total. The fraction of sp³-hybridized carbons (Fsp3) is 0.500. The van der Waals surface area contributed by atoms with Gasteiger partial charge in [-0.2, -0.15) is 0 Å². The molecule has 1 N–H and O–H groups in total. The number of rotatable bonds is 11. The summed E-state index contributed by atoms with van der Waals surface area (Å²) in [7, 11) is 0. The molecule has 0 aliphatic heterocycles. The molecule has 2 aromatic rings. The van der Waals surface area contributed by atoms with Gasteiger partial charge < -0.3 is 10.2 Å². The Hall–Kier alpha value is -2.27. The smallest absolute Gasteiger partial charge is 0.243 e. The minimum atomic E-state index is -0.413. The third-order valence-corrected chi connectivity index (χ3v) is 7.34. The summed E-state index contributed by atoms with van der Waals surface area (Å²) in [6, 6.07) is 16.6. The quantitative estimate of drug-likeness (QED) is 0.479. The van der Waals surface area contributed by atoms with E-state index in [-0.39, 0.29) is 17.9 Å². The number of carbonyl (C=O) groups is 2. The highest BCUT2D eigenvalue weighted by Gasteiger charge is 2.30. The molecule has 0 aromatic heterocycles. The zero-order chi connectivity index (χ0) is 23.6. The van der Waals surface area contributed by atoms with Crippen LogP contribution in [0.2, 0.25) is 0 Å². The van der Waals surface area contributed by atoms with Crippen molar-refractivity contribution in [1.29, 1.82) is 0 Å². The molecule has 33 heavy (non-hydrogen) atoms. The van der Waals surface area contributed by atoms with Gasteiger partial charge in [-0.25, -0.2) is 0 Å². The van der Waals surface area contributed by atoms with Gasteiger partial charge in [-0.3, -0.25) is 9.59 Å². The third-order valence-electron chi connectivity index (χ3n) is 6.35. The summed E-state index contributed by atoms with van der Waals surface area (Å²) in [5.41, 5.74) is 4.92. The van der Waals surface area contributed by atoms with Crippen LogP contribution in [0.5, 0.6) is 0 Å². The molecule has 0 heterocycles. The molecule has 3 rings (SSSR count). The third kappa shape index (κ3) is 7.92. The molecule has 0 radical (unpaired) electrons. The maximum Gasteiger partial charge on any atom is 0.243 e. The van der Waals surface area contributed by atoms with Crippen molar-refractivity contribution in [2.45, 2.75) is 77.1 Å². The standard InChI is InChI=1S/C28H38N2O2S/c1-4-26(28(32)29-25-12-8-9-13-25)30(15-14-23-10-6-5-7-11-23)27(31)20-33-19-24-17-21(2)16-22(3)18-24/h5-7,10-11,16-18,25-26H,4,8-9,12-15,19-20H2,1-3H3,(H,29,32)/t26-/m0/s1. The normalized spacial score (nSPS) is 14.8. The van der Waals surface area contributed by atoms with Crippen molar-refractivity contribution in [3.8, 4) is 0 Å². The van der Waals surface area contributed by atoms with Crippen LogP contribution in [-0.4, -0.2) is 41.1 Å². The highest BCUT2D eigenvalue weighted by Crippen LogP contribution is 2.20. The first-order valence-corrected chi connectivity index (χ1v) is 13.4. The monoisotopic (exact) mass is 466 g/mol. The van der Waals surface area contributed by atoms with Crippen LogP contribution in [0, 0.1) is 13.8 Å². The molecule has 1 saturated carbocycles. The summed E-state index contributed by atoms with van der Waals surface area (Å²) in [6.45, 7) is 6.77. The second-order valence-corrected chi connectivity index (χ2v) is 10.2. The van der Waals surface area contributed by atoms with E-state index < -0.39 is 6.04 Å². The van der Waals surface area contributed by atoms with Crippen LogP contribution in [-0.2, 0) is 21.8 Å². The van der Waals surface area contributed by atoms with E-state index in [4.69, 9.17) is 0 Å². The van der Waals surface area contributed by atoms with Crippen LogP contribution in [0.25, 0.3) is 0 Å². The van der Waals surface area contributed by atoms with Crippen molar-refractivity contribution in [3.05, 3.63) is 70.8 Å². The maximum atomic E-state index is 13.4. The zero-order valence-corrected chi connectivity index (χ0v) is 21.1. The van der Waals surface area contributed by atoms with Crippen molar-refractivity contribution < 1.29 is 9.59 Å². The van der Waals surface area contributed by atoms with Gasteiger partial charge in [0.15, 0.2) is 0 Å². The topological polar surface area (TPSA) is 49.4 Å². The number of amides is 2. The zero-order valence-electron chi connectivity index (χ0n) is 20.3. The number of hydrogen-bond donors (Lipinski definition) is 1. The highest BCUT2D eigenvalue weighted by molar-refractivity contribution is 7.99. The average molecular weight is 467 g/mol. The second kappa shape index (κ2) is 12.8. The Morgan fingerprint density at radius 1 is 1.03 bits per heavy atom. The Bertz CT molecular complexity index is 889. The number of nitrogens with zero attached hydrogens (tertiary/aromatic N) is 1. The lowest BCUT2D eigenvalue weighted by atomic mass is 10.1. The molecule has 0 saturated heterocycles. The van der Waals surface area contributed by atoms with Crippen molar-refractivity contribution in [2.75, 3.05) is 12.3 Å². The molecule has 0 unspecified atom stereocenters. The summed E-state index contributed by atoms with van der Waals surface area (Å²) in [5, 5.41) is 3.22. The Morgan fingerprint density at radius 2 is 1.70 bits per heavy atom. The molecular weight excluding hydrogens is 428 g/mol. The molecule has 178 valence electrons. The first kappa shape index (κ1) is 25.4. The fourth-order valence-electron chi connectivity index (χ4n) is 4.75. The van der Waals surface area contributed by atoms with Gasteiger partial charge in [0.05, 0.1) is 5.75 Å². The Morgan fingerprint density at radius 3 is 2.33 bits per heavy atom. The van der Waals surface area contributed by atoms with Gasteiger partial charge in [0, 0.05) is 18.3 Å². The molecule has 1 fully saturated rings. The van der Waals surface area contributed by atoms with E-state index >= 15 is 0 Å². The summed E-state index contributed by atoms with van der Waals surface area (Å²) >= 11 is 1.63. The number of nitrogens with one attached hydrogen (secondary N) is 1. The van der Waals surface area contributed by atoms with Gasteiger partial charge in [-0.1, -0.05) is 79.4 Å². The van der Waals surface area contributed by atoms with Crippen molar-refractivity contribution in [3.63, 3.8) is 0 Å². The van der Waals surface area contributed by atoms with E-state index in [0.29, 0.717) is 18.7 Å². The SMILES string of the molecule is CC[C@@H](C(=O)NC1CCCC1)N(CCc1ccccc1)C(=O)CSCc1cc(C)cc(C)c1.